The molecule has 1 aliphatic heterocycles. The maximum absolute atomic E-state index is 12.9. The molecule has 0 saturated carbocycles. The van der Waals surface area contributed by atoms with Crippen LogP contribution in [-0.4, -0.2) is 54.6 Å². The minimum atomic E-state index is -0.542. The molecule has 4 N–H and O–H groups in total. The number of nitrogens with zero attached hydrogens (tertiary/aromatic N) is 2. The van der Waals surface area contributed by atoms with Crippen molar-refractivity contribution >= 4 is 35.4 Å². The predicted octanol–water partition coefficient (Wildman–Crippen LogP) is 0.632. The Morgan fingerprint density at radius 2 is 2.19 bits per heavy atom. The van der Waals surface area contributed by atoms with Gasteiger partial charge < -0.3 is 21.3 Å². The van der Waals surface area contributed by atoms with Crippen molar-refractivity contribution in [1.82, 2.24) is 15.5 Å². The molecule has 1 aliphatic rings. The summed E-state index contributed by atoms with van der Waals surface area (Å²) in [5.74, 6) is 0.210. The Morgan fingerprint density at radius 3 is 2.81 bits per heavy atom. The molecule has 27 heavy (non-hydrogen) atoms. The second-order valence-electron chi connectivity index (χ2n) is 6.85. The third-order valence-electron chi connectivity index (χ3n) is 5.06. The van der Waals surface area contributed by atoms with Crippen LogP contribution in [0.1, 0.15) is 43.7 Å². The standard InChI is InChI=1S/C18H27N5O3S/c1-10-5-14(23(12(10)3)16(25)7-21-9-24)18(26)22-11(2)15-6-13(8-27-15)17(19)20-4/h6,8-12,14H,5,7H2,1-4H3,(H2,19,20)(H,21,24)(H,22,26)/t10-,11+,12?,14?/m0/s1. The van der Waals surface area contributed by atoms with Gasteiger partial charge in [-0.15, -0.1) is 11.3 Å². The quantitative estimate of drug-likeness (QED) is 0.358. The van der Waals surface area contributed by atoms with Crippen LogP contribution in [0.15, 0.2) is 16.4 Å². The number of carbonyl (C=O) groups excluding carboxylic acids is 3. The van der Waals surface area contributed by atoms with Crippen LogP contribution in [-0.2, 0) is 14.4 Å². The zero-order chi connectivity index (χ0) is 20.1. The summed E-state index contributed by atoms with van der Waals surface area (Å²) in [4.78, 5) is 42.3. The summed E-state index contributed by atoms with van der Waals surface area (Å²) in [6, 6.07) is 1.09. The number of hydrogen-bond donors (Lipinski definition) is 3. The van der Waals surface area contributed by atoms with Crippen LogP contribution in [0.25, 0.3) is 0 Å². The highest BCUT2D eigenvalue weighted by molar-refractivity contribution is 7.10. The zero-order valence-electron chi connectivity index (χ0n) is 16.1. The number of rotatable bonds is 7. The van der Waals surface area contributed by atoms with Gasteiger partial charge in [-0.05, 0) is 32.3 Å². The number of nitrogens with one attached hydrogen (secondary N) is 2. The van der Waals surface area contributed by atoms with Crippen molar-refractivity contribution in [2.45, 2.75) is 45.3 Å². The lowest BCUT2D eigenvalue weighted by atomic mass is 10.0. The number of carbonyl (C=O) groups is 3. The van der Waals surface area contributed by atoms with Gasteiger partial charge in [0.25, 0.3) is 0 Å². The first kappa shape index (κ1) is 20.9. The van der Waals surface area contributed by atoms with Crippen LogP contribution < -0.4 is 16.4 Å². The van der Waals surface area contributed by atoms with E-state index in [0.717, 1.165) is 10.4 Å². The molecule has 0 bridgehead atoms. The number of hydrogen-bond acceptors (Lipinski definition) is 5. The lowest BCUT2D eigenvalue weighted by Crippen LogP contribution is -2.51. The van der Waals surface area contributed by atoms with Gasteiger partial charge in [-0.2, -0.15) is 0 Å². The van der Waals surface area contributed by atoms with Crippen LogP contribution in [0, 0.1) is 5.92 Å². The van der Waals surface area contributed by atoms with Gasteiger partial charge in [0.15, 0.2) is 0 Å². The second-order valence-corrected chi connectivity index (χ2v) is 7.79. The van der Waals surface area contributed by atoms with Crippen LogP contribution in [0.5, 0.6) is 0 Å². The average molecular weight is 394 g/mol. The molecule has 1 aromatic heterocycles. The molecular weight excluding hydrogens is 366 g/mol. The summed E-state index contributed by atoms with van der Waals surface area (Å²) < 4.78 is 0. The monoisotopic (exact) mass is 393 g/mol. The molecule has 2 rings (SSSR count). The predicted molar refractivity (Wildman–Crippen MR) is 105 cm³/mol. The van der Waals surface area contributed by atoms with Gasteiger partial charge in [-0.3, -0.25) is 19.4 Å². The fourth-order valence-corrected chi connectivity index (χ4v) is 4.21. The van der Waals surface area contributed by atoms with Crippen LogP contribution in [0.3, 0.4) is 0 Å². The van der Waals surface area contributed by atoms with Crippen molar-refractivity contribution in [3.8, 4) is 0 Å². The summed E-state index contributed by atoms with van der Waals surface area (Å²) in [7, 11) is 1.63. The lowest BCUT2D eigenvalue weighted by molar-refractivity contribution is -0.140. The normalized spacial score (nSPS) is 23.8. The Morgan fingerprint density at radius 1 is 1.48 bits per heavy atom. The summed E-state index contributed by atoms with van der Waals surface area (Å²) in [6.07, 6.45) is 1.08. The van der Waals surface area contributed by atoms with Crippen LogP contribution in [0.4, 0.5) is 0 Å². The molecule has 1 fully saturated rings. The molecule has 2 heterocycles. The summed E-state index contributed by atoms with van der Waals surface area (Å²) in [5, 5.41) is 7.28. The van der Waals surface area contributed by atoms with Gasteiger partial charge in [-0.25, -0.2) is 0 Å². The van der Waals surface area contributed by atoms with E-state index < -0.39 is 6.04 Å². The Labute approximate surface area is 163 Å². The van der Waals surface area contributed by atoms with E-state index in [9.17, 15) is 14.4 Å². The third-order valence-corrected chi connectivity index (χ3v) is 6.18. The minimum absolute atomic E-state index is 0.0640. The van der Waals surface area contributed by atoms with E-state index in [1.165, 1.54) is 11.3 Å². The van der Waals surface area contributed by atoms with Gasteiger partial charge in [0.1, 0.15) is 11.9 Å². The van der Waals surface area contributed by atoms with Crippen LogP contribution in [0.2, 0.25) is 0 Å². The van der Waals surface area contributed by atoms with E-state index in [1.54, 1.807) is 11.9 Å². The van der Waals surface area contributed by atoms with Crippen LogP contribution >= 0.6 is 11.3 Å². The smallest absolute Gasteiger partial charge is 0.243 e. The Kier molecular flexibility index (Phi) is 6.95. The molecule has 2 unspecified atom stereocenters. The maximum atomic E-state index is 12.9. The number of amides is 3. The Balaban J connectivity index is 2.09. The van der Waals surface area contributed by atoms with Crippen molar-refractivity contribution < 1.29 is 14.4 Å². The summed E-state index contributed by atoms with van der Waals surface area (Å²) >= 11 is 1.50. The van der Waals surface area contributed by atoms with E-state index in [-0.39, 0.29) is 36.4 Å². The molecule has 0 radical (unpaired) electrons. The highest BCUT2D eigenvalue weighted by Gasteiger charge is 2.42. The van der Waals surface area contributed by atoms with Gasteiger partial charge in [-0.1, -0.05) is 6.92 Å². The Hall–Kier alpha value is -2.42. The molecule has 1 saturated heterocycles. The van der Waals surface area contributed by atoms with E-state index in [0.29, 0.717) is 18.7 Å². The lowest BCUT2D eigenvalue weighted by Gasteiger charge is -2.29. The van der Waals surface area contributed by atoms with Gasteiger partial charge in [0.05, 0.1) is 12.6 Å². The molecular formula is C18H27N5O3S. The molecule has 3 amide bonds. The van der Waals surface area contributed by atoms with Gasteiger partial charge >= 0.3 is 0 Å². The first-order chi connectivity index (χ1) is 12.8. The maximum Gasteiger partial charge on any atom is 0.243 e. The SMILES string of the molecule is CN=C(N)c1csc([C@@H](C)NC(=O)C2C[C@H](C)C(C)N2C(=O)CNC=O)c1. The highest BCUT2D eigenvalue weighted by Crippen LogP contribution is 2.30. The fourth-order valence-electron chi connectivity index (χ4n) is 3.30. The van der Waals surface area contributed by atoms with E-state index in [4.69, 9.17) is 5.73 Å². The molecule has 0 spiro atoms. The molecule has 4 atom stereocenters. The van der Waals surface area contributed by atoms with Crippen molar-refractivity contribution in [1.29, 1.82) is 0 Å². The first-order valence-corrected chi connectivity index (χ1v) is 9.77. The van der Waals surface area contributed by atoms with Gasteiger partial charge in [0.2, 0.25) is 18.2 Å². The number of amidine groups is 1. The minimum Gasteiger partial charge on any atom is -0.383 e. The average Bonchev–Trinajstić information content (AvgIpc) is 3.25. The Bertz CT molecular complexity index is 732. The molecule has 9 heteroatoms. The van der Waals surface area contributed by atoms with Crippen molar-refractivity contribution in [2.24, 2.45) is 16.6 Å². The molecule has 8 nitrogen and oxygen atoms in total. The highest BCUT2D eigenvalue weighted by atomic mass is 32.1. The number of aliphatic imine (C=N–C) groups is 1. The summed E-state index contributed by atoms with van der Waals surface area (Å²) in [5.41, 5.74) is 6.66. The first-order valence-electron chi connectivity index (χ1n) is 8.89. The topological polar surface area (TPSA) is 117 Å². The second kappa shape index (κ2) is 8.98. The molecule has 0 aromatic carbocycles. The summed E-state index contributed by atoms with van der Waals surface area (Å²) in [6.45, 7) is 5.74. The third kappa shape index (κ3) is 4.65. The van der Waals surface area contributed by atoms with Crippen molar-refractivity contribution in [3.05, 3.63) is 21.9 Å². The van der Waals surface area contributed by atoms with Gasteiger partial charge in [0, 0.05) is 28.9 Å². The van der Waals surface area contributed by atoms with Crippen molar-refractivity contribution in [3.63, 3.8) is 0 Å². The largest absolute Gasteiger partial charge is 0.383 e. The zero-order valence-corrected chi connectivity index (χ0v) is 16.9. The molecule has 0 aliphatic carbocycles. The van der Waals surface area contributed by atoms with E-state index >= 15 is 0 Å². The molecule has 148 valence electrons. The van der Waals surface area contributed by atoms with Crippen molar-refractivity contribution in [2.75, 3.05) is 13.6 Å². The number of likely N-dealkylation sites (tertiary alicyclic amines) is 1. The fraction of sp³-hybridized carbons (Fsp3) is 0.556. The van der Waals surface area contributed by atoms with E-state index in [2.05, 4.69) is 15.6 Å². The number of nitrogens with two attached hydrogens (primary N) is 1. The number of thiophene rings is 1. The molecule has 1 aromatic rings. The van der Waals surface area contributed by atoms with E-state index in [1.807, 2.05) is 32.2 Å².